The Kier molecular flexibility index (Phi) is 2.87. The van der Waals surface area contributed by atoms with Crippen molar-refractivity contribution in [1.82, 2.24) is 4.98 Å². The second-order valence-corrected chi connectivity index (χ2v) is 3.03. The third kappa shape index (κ3) is 1.81. The Morgan fingerprint density at radius 3 is 3.00 bits per heavy atom. The van der Waals surface area contributed by atoms with Crippen LogP contribution in [0.5, 0.6) is 0 Å². The molecule has 0 bridgehead atoms. The zero-order valence-electron chi connectivity index (χ0n) is 5.97. The van der Waals surface area contributed by atoms with Gasteiger partial charge in [-0.15, -0.1) is 0 Å². The largest absolute Gasteiger partial charge is 0.264 e. The number of aromatic nitrogens is 1. The standard InChI is InChI=1S/C8H10BrN/c1-7-6-10-5-3-8(7)2-4-9/h3,5-6H,2,4H2,1H3. The van der Waals surface area contributed by atoms with Crippen LogP contribution < -0.4 is 0 Å². The van der Waals surface area contributed by atoms with Crippen molar-refractivity contribution in [3.05, 3.63) is 29.6 Å². The number of hydrogen-bond donors (Lipinski definition) is 0. The molecule has 0 fully saturated rings. The molecule has 0 saturated carbocycles. The first kappa shape index (κ1) is 7.73. The van der Waals surface area contributed by atoms with Crippen molar-refractivity contribution in [2.24, 2.45) is 0 Å². The van der Waals surface area contributed by atoms with E-state index in [1.807, 2.05) is 12.4 Å². The first-order valence-corrected chi connectivity index (χ1v) is 4.42. The van der Waals surface area contributed by atoms with Crippen LogP contribution in [0.15, 0.2) is 18.5 Å². The molecular weight excluding hydrogens is 190 g/mol. The summed E-state index contributed by atoms with van der Waals surface area (Å²) in [6, 6.07) is 2.07. The van der Waals surface area contributed by atoms with Gasteiger partial charge in [0.2, 0.25) is 0 Å². The molecule has 0 aliphatic heterocycles. The van der Waals surface area contributed by atoms with E-state index in [9.17, 15) is 0 Å². The lowest BCUT2D eigenvalue weighted by Crippen LogP contribution is -1.90. The Balaban J connectivity index is 2.81. The zero-order valence-corrected chi connectivity index (χ0v) is 7.56. The third-order valence-electron chi connectivity index (χ3n) is 1.50. The minimum absolute atomic E-state index is 1.03. The molecule has 1 rings (SSSR count). The number of aryl methyl sites for hydroxylation is 2. The fraction of sp³-hybridized carbons (Fsp3) is 0.375. The molecule has 1 heterocycles. The van der Waals surface area contributed by atoms with Gasteiger partial charge in [-0.3, -0.25) is 4.98 Å². The molecule has 10 heavy (non-hydrogen) atoms. The van der Waals surface area contributed by atoms with Crippen molar-refractivity contribution in [3.8, 4) is 0 Å². The van der Waals surface area contributed by atoms with Gasteiger partial charge in [-0.25, -0.2) is 0 Å². The lowest BCUT2D eigenvalue weighted by Gasteiger charge is -1.99. The zero-order chi connectivity index (χ0) is 7.40. The van der Waals surface area contributed by atoms with Crippen molar-refractivity contribution < 1.29 is 0 Å². The van der Waals surface area contributed by atoms with E-state index in [0.717, 1.165) is 11.8 Å². The summed E-state index contributed by atoms with van der Waals surface area (Å²) in [6.07, 6.45) is 4.83. The summed E-state index contributed by atoms with van der Waals surface area (Å²) in [7, 11) is 0. The first-order valence-electron chi connectivity index (χ1n) is 3.30. The van der Waals surface area contributed by atoms with Gasteiger partial charge in [0.1, 0.15) is 0 Å². The van der Waals surface area contributed by atoms with Crippen LogP contribution in [0.1, 0.15) is 11.1 Å². The average Bonchev–Trinajstić information content (AvgIpc) is 1.94. The molecule has 0 spiro atoms. The molecule has 0 amide bonds. The highest BCUT2D eigenvalue weighted by molar-refractivity contribution is 9.09. The fourth-order valence-corrected chi connectivity index (χ4v) is 1.31. The number of rotatable bonds is 2. The molecular formula is C8H10BrN. The molecule has 2 heteroatoms. The van der Waals surface area contributed by atoms with Crippen LogP contribution in [0.4, 0.5) is 0 Å². The van der Waals surface area contributed by atoms with E-state index in [1.54, 1.807) is 0 Å². The van der Waals surface area contributed by atoms with Crippen LogP contribution in [0, 0.1) is 6.92 Å². The van der Waals surface area contributed by atoms with Gasteiger partial charge < -0.3 is 0 Å². The molecule has 0 atom stereocenters. The minimum Gasteiger partial charge on any atom is -0.264 e. The summed E-state index contributed by atoms with van der Waals surface area (Å²) in [5.74, 6) is 0. The van der Waals surface area contributed by atoms with Gasteiger partial charge in [0.25, 0.3) is 0 Å². The van der Waals surface area contributed by atoms with E-state index in [2.05, 4.69) is 33.9 Å². The number of hydrogen-bond acceptors (Lipinski definition) is 1. The van der Waals surface area contributed by atoms with Crippen molar-refractivity contribution in [2.75, 3.05) is 5.33 Å². The predicted molar refractivity (Wildman–Crippen MR) is 46.5 cm³/mol. The van der Waals surface area contributed by atoms with Crippen LogP contribution in [0.3, 0.4) is 0 Å². The Morgan fingerprint density at radius 2 is 2.40 bits per heavy atom. The first-order chi connectivity index (χ1) is 4.84. The van der Waals surface area contributed by atoms with E-state index in [4.69, 9.17) is 0 Å². The Morgan fingerprint density at radius 1 is 1.60 bits per heavy atom. The van der Waals surface area contributed by atoms with Gasteiger partial charge in [0, 0.05) is 17.7 Å². The van der Waals surface area contributed by atoms with E-state index in [0.29, 0.717) is 0 Å². The number of nitrogens with zero attached hydrogens (tertiary/aromatic N) is 1. The van der Waals surface area contributed by atoms with Crippen molar-refractivity contribution in [3.63, 3.8) is 0 Å². The molecule has 0 saturated heterocycles. The molecule has 0 radical (unpaired) electrons. The van der Waals surface area contributed by atoms with E-state index < -0.39 is 0 Å². The van der Waals surface area contributed by atoms with Gasteiger partial charge in [-0.1, -0.05) is 15.9 Å². The summed E-state index contributed by atoms with van der Waals surface area (Å²) in [6.45, 7) is 2.09. The third-order valence-corrected chi connectivity index (χ3v) is 1.90. The number of alkyl halides is 1. The normalized spacial score (nSPS) is 9.80. The van der Waals surface area contributed by atoms with E-state index in [-0.39, 0.29) is 0 Å². The second-order valence-electron chi connectivity index (χ2n) is 2.24. The maximum atomic E-state index is 4.01. The van der Waals surface area contributed by atoms with Crippen molar-refractivity contribution in [2.45, 2.75) is 13.3 Å². The van der Waals surface area contributed by atoms with Crippen LogP contribution in [0.25, 0.3) is 0 Å². The maximum absolute atomic E-state index is 4.01. The summed E-state index contributed by atoms with van der Waals surface area (Å²) in [4.78, 5) is 4.01. The van der Waals surface area contributed by atoms with E-state index in [1.165, 1.54) is 11.1 Å². The van der Waals surface area contributed by atoms with Crippen LogP contribution >= 0.6 is 15.9 Å². The lowest BCUT2D eigenvalue weighted by atomic mass is 10.1. The summed E-state index contributed by atoms with van der Waals surface area (Å²) in [5.41, 5.74) is 2.66. The van der Waals surface area contributed by atoms with E-state index >= 15 is 0 Å². The van der Waals surface area contributed by atoms with Crippen LogP contribution in [-0.4, -0.2) is 10.3 Å². The van der Waals surface area contributed by atoms with Gasteiger partial charge in [-0.2, -0.15) is 0 Å². The van der Waals surface area contributed by atoms with Crippen LogP contribution in [0.2, 0.25) is 0 Å². The molecule has 0 aromatic carbocycles. The lowest BCUT2D eigenvalue weighted by molar-refractivity contribution is 1.10. The van der Waals surface area contributed by atoms with Crippen LogP contribution in [-0.2, 0) is 6.42 Å². The number of halogens is 1. The second kappa shape index (κ2) is 3.71. The molecule has 0 unspecified atom stereocenters. The smallest absolute Gasteiger partial charge is 0.0299 e. The molecule has 0 aliphatic rings. The van der Waals surface area contributed by atoms with Gasteiger partial charge in [0.15, 0.2) is 0 Å². The topological polar surface area (TPSA) is 12.9 Å². The average molecular weight is 200 g/mol. The highest BCUT2D eigenvalue weighted by Gasteiger charge is 1.93. The molecule has 1 nitrogen and oxygen atoms in total. The van der Waals surface area contributed by atoms with Crippen molar-refractivity contribution >= 4 is 15.9 Å². The minimum atomic E-state index is 1.03. The maximum Gasteiger partial charge on any atom is 0.0299 e. The quantitative estimate of drug-likeness (QED) is 0.667. The monoisotopic (exact) mass is 199 g/mol. The molecule has 1 aromatic rings. The fourth-order valence-electron chi connectivity index (χ4n) is 0.885. The Labute approximate surface area is 69.6 Å². The molecule has 0 N–H and O–H groups in total. The highest BCUT2D eigenvalue weighted by atomic mass is 79.9. The molecule has 54 valence electrons. The predicted octanol–water partition coefficient (Wildman–Crippen LogP) is 2.33. The molecule has 0 aliphatic carbocycles. The van der Waals surface area contributed by atoms with Gasteiger partial charge >= 0.3 is 0 Å². The summed E-state index contributed by atoms with van der Waals surface area (Å²) in [5, 5.41) is 1.03. The van der Waals surface area contributed by atoms with Gasteiger partial charge in [-0.05, 0) is 30.5 Å². The number of pyridine rings is 1. The Bertz CT molecular complexity index is 210. The highest BCUT2D eigenvalue weighted by Crippen LogP contribution is 2.06. The van der Waals surface area contributed by atoms with Crippen molar-refractivity contribution in [1.29, 1.82) is 0 Å². The Hall–Kier alpha value is -0.370. The summed E-state index contributed by atoms with van der Waals surface area (Å²) < 4.78 is 0. The van der Waals surface area contributed by atoms with Gasteiger partial charge in [0.05, 0.1) is 0 Å². The summed E-state index contributed by atoms with van der Waals surface area (Å²) >= 11 is 3.40. The molecule has 1 aromatic heterocycles. The SMILES string of the molecule is Cc1cnccc1CCBr.